The van der Waals surface area contributed by atoms with Gasteiger partial charge < -0.3 is 38.3 Å². The molecule has 0 aliphatic rings. The van der Waals surface area contributed by atoms with Crippen LogP contribution in [0, 0.1) is 0 Å². The molecule has 42 heavy (non-hydrogen) atoms. The van der Waals surface area contributed by atoms with Crippen molar-refractivity contribution >= 4 is 0 Å². The maximum absolute atomic E-state index is 10.5. The number of methoxy groups -OCH3 is 6. The summed E-state index contributed by atoms with van der Waals surface area (Å²) in [6.45, 7) is 0. The lowest BCUT2D eigenvalue weighted by atomic mass is 10.0. The van der Waals surface area contributed by atoms with Gasteiger partial charge in [0.2, 0.25) is 5.75 Å². The average Bonchev–Trinajstić information content (AvgIpc) is 3.01. The van der Waals surface area contributed by atoms with Crippen molar-refractivity contribution in [2.75, 3.05) is 42.7 Å². The average molecular weight is 575 g/mol. The Morgan fingerprint density at radius 2 is 1.10 bits per heavy atom. The second-order valence-corrected chi connectivity index (χ2v) is 9.64. The maximum Gasteiger partial charge on any atom is 0.203 e. The van der Waals surface area contributed by atoms with Crippen molar-refractivity contribution in [2.45, 2.75) is 25.7 Å². The molecular formula is C34H38O8. The minimum absolute atomic E-state index is 0.109. The molecule has 0 heterocycles. The summed E-state index contributed by atoms with van der Waals surface area (Å²) in [6.07, 6.45) is 2.84. The lowest BCUT2D eigenvalue weighted by Crippen LogP contribution is -2.00. The number of phenols is 1. The van der Waals surface area contributed by atoms with Crippen molar-refractivity contribution in [2.24, 2.45) is 0 Å². The molecule has 1 N–H and O–H groups in total. The molecular weight excluding hydrogens is 536 g/mol. The van der Waals surface area contributed by atoms with Crippen LogP contribution in [0.1, 0.15) is 22.3 Å². The van der Waals surface area contributed by atoms with E-state index in [0.717, 1.165) is 40.8 Å². The van der Waals surface area contributed by atoms with Gasteiger partial charge in [0.05, 0.1) is 42.7 Å². The summed E-state index contributed by atoms with van der Waals surface area (Å²) < 4.78 is 39.3. The van der Waals surface area contributed by atoms with Crippen molar-refractivity contribution in [3.63, 3.8) is 0 Å². The fourth-order valence-electron chi connectivity index (χ4n) is 4.86. The summed E-state index contributed by atoms with van der Waals surface area (Å²) in [4.78, 5) is 0. The van der Waals surface area contributed by atoms with E-state index < -0.39 is 0 Å². The van der Waals surface area contributed by atoms with Crippen molar-refractivity contribution in [3.05, 3.63) is 89.0 Å². The minimum Gasteiger partial charge on any atom is -0.508 e. The molecule has 0 atom stereocenters. The number of aryl methyl sites for hydroxylation is 4. The first-order valence-electron chi connectivity index (χ1n) is 13.6. The molecule has 8 nitrogen and oxygen atoms in total. The smallest absolute Gasteiger partial charge is 0.203 e. The highest BCUT2D eigenvalue weighted by Gasteiger charge is 2.16. The maximum atomic E-state index is 10.5. The number of hydrogen-bond donors (Lipinski definition) is 1. The third-order valence-corrected chi connectivity index (χ3v) is 6.99. The molecule has 0 amide bonds. The molecule has 4 rings (SSSR count). The lowest BCUT2D eigenvalue weighted by molar-refractivity contribution is 0.324. The zero-order valence-electron chi connectivity index (χ0n) is 25.0. The normalized spacial score (nSPS) is 10.6. The van der Waals surface area contributed by atoms with Crippen molar-refractivity contribution < 1.29 is 38.3 Å². The molecule has 0 radical (unpaired) electrons. The Hall–Kier alpha value is -4.72. The summed E-state index contributed by atoms with van der Waals surface area (Å²) in [7, 11) is 9.66. The molecule has 8 heteroatoms. The monoisotopic (exact) mass is 574 g/mol. The number of hydrogen-bond acceptors (Lipinski definition) is 8. The Bertz CT molecular complexity index is 1470. The number of benzene rings is 4. The molecule has 222 valence electrons. The third kappa shape index (κ3) is 7.32. The fourth-order valence-corrected chi connectivity index (χ4v) is 4.86. The molecule has 4 aromatic carbocycles. The van der Waals surface area contributed by atoms with Crippen LogP contribution in [-0.4, -0.2) is 47.8 Å². The SMILES string of the molecule is COc1cccc(CCc2cc(Oc3cc(O)cc(CCc4cc(OC)c(OC)c(OC)c4)c3)c(OC)cc2OC)c1. The van der Waals surface area contributed by atoms with E-state index in [0.29, 0.717) is 53.1 Å². The predicted octanol–water partition coefficient (Wildman–Crippen LogP) is 6.81. The lowest BCUT2D eigenvalue weighted by Gasteiger charge is -2.16. The first-order chi connectivity index (χ1) is 20.4. The van der Waals surface area contributed by atoms with Crippen LogP contribution in [-0.2, 0) is 25.7 Å². The Morgan fingerprint density at radius 3 is 1.71 bits per heavy atom. The van der Waals surface area contributed by atoms with Gasteiger partial charge in [-0.15, -0.1) is 0 Å². The van der Waals surface area contributed by atoms with E-state index in [1.54, 1.807) is 54.8 Å². The standard InChI is InChI=1S/C34H38O8/c1-36-27-9-7-8-22(15-27)12-13-25-19-31(30(38-3)21-29(25)37-2)42-28-16-23(14-26(35)20-28)10-11-24-17-32(39-4)34(41-6)33(18-24)40-5/h7-9,14-21,35H,10-13H2,1-6H3. The molecule has 0 aromatic heterocycles. The summed E-state index contributed by atoms with van der Waals surface area (Å²) in [5.41, 5.74) is 4.04. The van der Waals surface area contributed by atoms with Crippen LogP contribution in [0.4, 0.5) is 0 Å². The third-order valence-electron chi connectivity index (χ3n) is 6.99. The zero-order valence-corrected chi connectivity index (χ0v) is 25.0. The van der Waals surface area contributed by atoms with E-state index in [4.69, 9.17) is 33.2 Å². The Labute approximate surface area is 247 Å². The van der Waals surface area contributed by atoms with Gasteiger partial charge in [-0.25, -0.2) is 0 Å². The molecule has 4 aromatic rings. The zero-order chi connectivity index (χ0) is 30.1. The summed E-state index contributed by atoms with van der Waals surface area (Å²) in [6, 6.07) is 20.8. The number of ether oxygens (including phenoxy) is 7. The molecule has 0 spiro atoms. The second kappa shape index (κ2) is 14.3. The number of aromatic hydroxyl groups is 1. The molecule has 0 fully saturated rings. The molecule has 0 saturated heterocycles. The minimum atomic E-state index is 0.109. The van der Waals surface area contributed by atoms with Gasteiger partial charge in [-0.1, -0.05) is 12.1 Å². The first kappa shape index (κ1) is 30.2. The van der Waals surface area contributed by atoms with Crippen molar-refractivity contribution in [1.82, 2.24) is 0 Å². The summed E-state index contributed by atoms with van der Waals surface area (Å²) in [5.74, 6) is 4.94. The first-order valence-corrected chi connectivity index (χ1v) is 13.6. The van der Waals surface area contributed by atoms with Crippen LogP contribution >= 0.6 is 0 Å². The van der Waals surface area contributed by atoms with E-state index in [-0.39, 0.29) is 5.75 Å². The summed E-state index contributed by atoms with van der Waals surface area (Å²) in [5, 5.41) is 10.5. The van der Waals surface area contributed by atoms with Gasteiger partial charge in [0.25, 0.3) is 0 Å². The van der Waals surface area contributed by atoms with Gasteiger partial charge in [0, 0.05) is 12.1 Å². The molecule has 0 aliphatic carbocycles. The van der Waals surface area contributed by atoms with E-state index in [1.807, 2.05) is 48.5 Å². The van der Waals surface area contributed by atoms with Gasteiger partial charge in [0.1, 0.15) is 23.0 Å². The number of rotatable bonds is 14. The number of phenolic OH excluding ortho intramolecular Hbond substituents is 1. The Kier molecular flexibility index (Phi) is 10.3. The molecule has 0 bridgehead atoms. The van der Waals surface area contributed by atoms with E-state index >= 15 is 0 Å². The van der Waals surface area contributed by atoms with Crippen LogP contribution in [0.3, 0.4) is 0 Å². The second-order valence-electron chi connectivity index (χ2n) is 9.64. The largest absolute Gasteiger partial charge is 0.508 e. The van der Waals surface area contributed by atoms with Crippen LogP contribution < -0.4 is 33.2 Å². The van der Waals surface area contributed by atoms with Gasteiger partial charge in [-0.3, -0.25) is 0 Å². The van der Waals surface area contributed by atoms with Gasteiger partial charge in [0.15, 0.2) is 23.0 Å². The fraction of sp³-hybridized carbons (Fsp3) is 0.294. The van der Waals surface area contributed by atoms with Crippen LogP contribution in [0.5, 0.6) is 51.7 Å². The van der Waals surface area contributed by atoms with Gasteiger partial charge >= 0.3 is 0 Å². The van der Waals surface area contributed by atoms with Crippen molar-refractivity contribution in [1.29, 1.82) is 0 Å². The van der Waals surface area contributed by atoms with E-state index in [1.165, 1.54) is 0 Å². The van der Waals surface area contributed by atoms with Gasteiger partial charge in [-0.2, -0.15) is 0 Å². The molecule has 0 aliphatic heterocycles. The highest BCUT2D eigenvalue weighted by atomic mass is 16.5. The van der Waals surface area contributed by atoms with Crippen LogP contribution in [0.2, 0.25) is 0 Å². The molecule has 0 unspecified atom stereocenters. The highest BCUT2D eigenvalue weighted by molar-refractivity contribution is 5.55. The predicted molar refractivity (Wildman–Crippen MR) is 162 cm³/mol. The van der Waals surface area contributed by atoms with Crippen molar-refractivity contribution in [3.8, 4) is 51.7 Å². The quantitative estimate of drug-likeness (QED) is 0.176. The van der Waals surface area contributed by atoms with E-state index in [9.17, 15) is 5.11 Å². The Morgan fingerprint density at radius 1 is 0.476 bits per heavy atom. The van der Waals surface area contributed by atoms with Crippen LogP contribution in [0.15, 0.2) is 66.7 Å². The van der Waals surface area contributed by atoms with Crippen LogP contribution in [0.25, 0.3) is 0 Å². The highest BCUT2D eigenvalue weighted by Crippen LogP contribution is 2.40. The molecule has 0 saturated carbocycles. The topological polar surface area (TPSA) is 84.8 Å². The van der Waals surface area contributed by atoms with E-state index in [2.05, 4.69) is 6.07 Å². The summed E-state index contributed by atoms with van der Waals surface area (Å²) >= 11 is 0. The Balaban J connectivity index is 1.55. The van der Waals surface area contributed by atoms with Gasteiger partial charge in [-0.05, 0) is 90.4 Å².